The normalized spacial score (nSPS) is 19.0. The molecular weight excluding hydrogens is 270 g/mol. The third-order valence-electron chi connectivity index (χ3n) is 2.64. The largest absolute Gasteiger partial charge is 0.343 e. The van der Waals surface area contributed by atoms with Crippen LogP contribution in [0.1, 0.15) is 18.9 Å². The predicted molar refractivity (Wildman–Crippen MR) is 65.3 cm³/mol. The number of hydrogen-bond donors (Lipinski definition) is 0. The molecule has 1 aliphatic heterocycles. The summed E-state index contributed by atoms with van der Waals surface area (Å²) in [4.78, 5) is 0. The van der Waals surface area contributed by atoms with Crippen LogP contribution in [0.2, 0.25) is 15.1 Å². The van der Waals surface area contributed by atoms with Crippen molar-refractivity contribution in [3.63, 3.8) is 0 Å². The fourth-order valence-electron chi connectivity index (χ4n) is 1.86. The summed E-state index contributed by atoms with van der Waals surface area (Å²) in [7, 11) is 0. The van der Waals surface area contributed by atoms with Crippen molar-refractivity contribution in [1.29, 1.82) is 0 Å². The predicted octanol–water partition coefficient (Wildman–Crippen LogP) is 4.26. The van der Waals surface area contributed by atoms with E-state index in [9.17, 15) is 0 Å². The van der Waals surface area contributed by atoms with Crippen molar-refractivity contribution < 1.29 is 9.47 Å². The van der Waals surface area contributed by atoms with Crippen LogP contribution in [-0.4, -0.2) is 13.2 Å². The van der Waals surface area contributed by atoms with E-state index in [1.165, 1.54) is 0 Å². The minimum absolute atomic E-state index is 0.401. The second-order valence-corrected chi connectivity index (χ2v) is 4.71. The highest BCUT2D eigenvalue weighted by atomic mass is 35.5. The summed E-state index contributed by atoms with van der Waals surface area (Å²) in [5.74, 6) is -0.848. The molecule has 0 bridgehead atoms. The Morgan fingerprint density at radius 2 is 1.69 bits per heavy atom. The third kappa shape index (κ3) is 1.93. The van der Waals surface area contributed by atoms with Crippen LogP contribution in [0.3, 0.4) is 0 Å². The number of hydrogen-bond acceptors (Lipinski definition) is 2. The molecule has 16 heavy (non-hydrogen) atoms. The maximum Gasteiger partial charge on any atom is 0.197 e. The van der Waals surface area contributed by atoms with E-state index in [0.717, 1.165) is 0 Å². The Labute approximate surface area is 109 Å². The first-order valence-corrected chi connectivity index (χ1v) is 6.16. The highest BCUT2D eigenvalue weighted by Gasteiger charge is 2.40. The first-order valence-electron chi connectivity index (χ1n) is 5.02. The van der Waals surface area contributed by atoms with Crippen LogP contribution in [0.5, 0.6) is 0 Å². The molecule has 1 aromatic rings. The lowest BCUT2D eigenvalue weighted by Gasteiger charge is -2.28. The summed E-state index contributed by atoms with van der Waals surface area (Å²) in [6.45, 7) is 3.03. The molecule has 0 aromatic heterocycles. The van der Waals surface area contributed by atoms with Gasteiger partial charge in [0.2, 0.25) is 0 Å². The van der Waals surface area contributed by atoms with Gasteiger partial charge in [0.25, 0.3) is 0 Å². The van der Waals surface area contributed by atoms with Crippen LogP contribution in [0.15, 0.2) is 12.1 Å². The van der Waals surface area contributed by atoms with Crippen molar-refractivity contribution in [3.8, 4) is 0 Å². The molecule has 0 spiro atoms. The van der Waals surface area contributed by atoms with Crippen molar-refractivity contribution >= 4 is 34.8 Å². The van der Waals surface area contributed by atoms with E-state index < -0.39 is 5.79 Å². The molecule has 0 atom stereocenters. The SMILES string of the molecule is CCC1(c2c(Cl)ccc(Cl)c2Cl)OCCO1. The lowest BCUT2D eigenvalue weighted by molar-refractivity contribution is -0.167. The summed E-state index contributed by atoms with van der Waals surface area (Å²) >= 11 is 18.3. The van der Waals surface area contributed by atoms with Crippen LogP contribution in [0.4, 0.5) is 0 Å². The fraction of sp³-hybridized carbons (Fsp3) is 0.455. The second kappa shape index (κ2) is 4.71. The van der Waals surface area contributed by atoms with E-state index in [4.69, 9.17) is 44.3 Å². The highest BCUT2D eigenvalue weighted by molar-refractivity contribution is 6.44. The topological polar surface area (TPSA) is 18.5 Å². The van der Waals surface area contributed by atoms with E-state index in [1.807, 2.05) is 6.92 Å². The molecule has 88 valence electrons. The molecule has 0 N–H and O–H groups in total. The second-order valence-electron chi connectivity index (χ2n) is 3.52. The lowest BCUT2D eigenvalue weighted by Crippen LogP contribution is -2.27. The Balaban J connectivity index is 2.57. The molecule has 1 heterocycles. The van der Waals surface area contributed by atoms with Crippen molar-refractivity contribution in [2.45, 2.75) is 19.1 Å². The quantitative estimate of drug-likeness (QED) is 0.754. The first-order chi connectivity index (χ1) is 7.60. The summed E-state index contributed by atoms with van der Waals surface area (Å²) in [5.41, 5.74) is 0.628. The van der Waals surface area contributed by atoms with Crippen LogP contribution >= 0.6 is 34.8 Å². The maximum atomic E-state index is 6.17. The van der Waals surface area contributed by atoms with Gasteiger partial charge in [0.05, 0.1) is 28.3 Å². The number of benzene rings is 1. The van der Waals surface area contributed by atoms with Gasteiger partial charge in [-0.1, -0.05) is 41.7 Å². The minimum atomic E-state index is -0.848. The lowest BCUT2D eigenvalue weighted by atomic mass is 10.0. The van der Waals surface area contributed by atoms with E-state index >= 15 is 0 Å². The van der Waals surface area contributed by atoms with Gasteiger partial charge < -0.3 is 9.47 Å². The molecule has 2 rings (SSSR count). The fourth-order valence-corrected chi connectivity index (χ4v) is 2.67. The summed E-state index contributed by atoms with van der Waals surface area (Å²) in [6.07, 6.45) is 0.632. The molecule has 0 radical (unpaired) electrons. The minimum Gasteiger partial charge on any atom is -0.343 e. The summed E-state index contributed by atoms with van der Waals surface area (Å²) in [5, 5.41) is 1.36. The van der Waals surface area contributed by atoms with E-state index in [2.05, 4.69) is 0 Å². The van der Waals surface area contributed by atoms with Gasteiger partial charge in [0, 0.05) is 12.0 Å². The standard InChI is InChI=1S/C11H11Cl3O2/c1-2-11(15-5-6-16-11)9-7(12)3-4-8(13)10(9)14/h3-4H,2,5-6H2,1H3. The zero-order chi connectivity index (χ0) is 11.8. The van der Waals surface area contributed by atoms with Crippen molar-refractivity contribution in [1.82, 2.24) is 0 Å². The van der Waals surface area contributed by atoms with Crippen LogP contribution < -0.4 is 0 Å². The summed E-state index contributed by atoms with van der Waals surface area (Å²) in [6, 6.07) is 3.36. The molecule has 1 fully saturated rings. The van der Waals surface area contributed by atoms with Gasteiger partial charge in [-0.25, -0.2) is 0 Å². The molecule has 1 aliphatic rings. The van der Waals surface area contributed by atoms with Crippen molar-refractivity contribution in [2.75, 3.05) is 13.2 Å². The van der Waals surface area contributed by atoms with E-state index in [0.29, 0.717) is 40.3 Å². The van der Waals surface area contributed by atoms with E-state index in [-0.39, 0.29) is 0 Å². The number of halogens is 3. The smallest absolute Gasteiger partial charge is 0.197 e. The Bertz CT molecular complexity index is 400. The molecule has 2 nitrogen and oxygen atoms in total. The van der Waals surface area contributed by atoms with Gasteiger partial charge in [0.15, 0.2) is 5.79 Å². The van der Waals surface area contributed by atoms with Gasteiger partial charge in [0.1, 0.15) is 0 Å². The Kier molecular flexibility index (Phi) is 3.67. The summed E-state index contributed by atoms with van der Waals surface area (Å²) < 4.78 is 11.3. The van der Waals surface area contributed by atoms with Gasteiger partial charge in [-0.15, -0.1) is 0 Å². The van der Waals surface area contributed by atoms with Crippen LogP contribution in [-0.2, 0) is 15.3 Å². The molecule has 1 aromatic carbocycles. The molecule has 0 amide bonds. The maximum absolute atomic E-state index is 6.17. The average molecular weight is 282 g/mol. The van der Waals surface area contributed by atoms with Crippen molar-refractivity contribution in [3.05, 3.63) is 32.8 Å². The van der Waals surface area contributed by atoms with Crippen molar-refractivity contribution in [2.24, 2.45) is 0 Å². The molecule has 0 saturated carbocycles. The zero-order valence-electron chi connectivity index (χ0n) is 8.73. The third-order valence-corrected chi connectivity index (χ3v) is 3.76. The number of rotatable bonds is 2. The van der Waals surface area contributed by atoms with Gasteiger partial charge >= 0.3 is 0 Å². The molecule has 0 unspecified atom stereocenters. The first kappa shape index (κ1) is 12.5. The van der Waals surface area contributed by atoms with Crippen LogP contribution in [0.25, 0.3) is 0 Å². The van der Waals surface area contributed by atoms with Gasteiger partial charge in [-0.05, 0) is 12.1 Å². The Morgan fingerprint density at radius 1 is 1.12 bits per heavy atom. The average Bonchev–Trinajstić information content (AvgIpc) is 2.74. The Hall–Kier alpha value is 0.01000. The van der Waals surface area contributed by atoms with Crippen LogP contribution in [0, 0.1) is 0 Å². The molecule has 1 saturated heterocycles. The molecule has 5 heteroatoms. The Morgan fingerprint density at radius 3 is 2.25 bits per heavy atom. The zero-order valence-corrected chi connectivity index (χ0v) is 11.0. The molecule has 0 aliphatic carbocycles. The van der Waals surface area contributed by atoms with Gasteiger partial charge in [-0.3, -0.25) is 0 Å². The molecular formula is C11H11Cl3O2. The highest BCUT2D eigenvalue weighted by Crippen LogP contribution is 2.44. The monoisotopic (exact) mass is 280 g/mol. The van der Waals surface area contributed by atoms with E-state index in [1.54, 1.807) is 12.1 Å². The number of ether oxygens (including phenoxy) is 2. The van der Waals surface area contributed by atoms with Gasteiger partial charge in [-0.2, -0.15) is 0 Å².